The zero-order valence-corrected chi connectivity index (χ0v) is 16.4. The summed E-state index contributed by atoms with van der Waals surface area (Å²) in [4.78, 5) is 14.8. The molecule has 6 nitrogen and oxygen atoms in total. The Morgan fingerprint density at radius 3 is 2.67 bits per heavy atom. The van der Waals surface area contributed by atoms with E-state index in [1.165, 1.54) is 0 Å². The maximum absolute atomic E-state index is 13.1. The summed E-state index contributed by atoms with van der Waals surface area (Å²) in [6.45, 7) is 0.527. The van der Waals surface area contributed by atoms with E-state index in [2.05, 4.69) is 5.10 Å². The highest BCUT2D eigenvalue weighted by Crippen LogP contribution is 2.31. The van der Waals surface area contributed by atoms with E-state index in [9.17, 15) is 13.2 Å². The highest BCUT2D eigenvalue weighted by molar-refractivity contribution is 7.91. The highest BCUT2D eigenvalue weighted by Gasteiger charge is 2.34. The van der Waals surface area contributed by atoms with Gasteiger partial charge in [0.15, 0.2) is 15.5 Å². The highest BCUT2D eigenvalue weighted by atomic mass is 32.2. The van der Waals surface area contributed by atoms with E-state index in [1.54, 1.807) is 11.9 Å². The van der Waals surface area contributed by atoms with Crippen LogP contribution < -0.4 is 0 Å². The monoisotopic (exact) mass is 387 g/mol. The average molecular weight is 388 g/mol. The van der Waals surface area contributed by atoms with E-state index in [0.29, 0.717) is 18.7 Å². The molecular weight excluding hydrogens is 362 g/mol. The SMILES string of the molecule is CN(Cc1ccccc1)C(=O)c1nn([C@@H]2CCS(=O)(=O)C2)c2c1CCCC2. The first-order chi connectivity index (χ1) is 12.9. The van der Waals surface area contributed by atoms with Gasteiger partial charge >= 0.3 is 0 Å². The molecule has 2 aromatic rings. The van der Waals surface area contributed by atoms with Gasteiger partial charge in [-0.1, -0.05) is 30.3 Å². The Balaban J connectivity index is 1.63. The van der Waals surface area contributed by atoms with Crippen LogP contribution in [0.4, 0.5) is 0 Å². The molecule has 1 amide bonds. The molecule has 0 bridgehead atoms. The summed E-state index contributed by atoms with van der Waals surface area (Å²) in [6.07, 6.45) is 4.41. The Morgan fingerprint density at radius 1 is 1.22 bits per heavy atom. The molecule has 7 heteroatoms. The third-order valence-corrected chi connectivity index (χ3v) is 7.33. The van der Waals surface area contributed by atoms with Crippen molar-refractivity contribution in [2.24, 2.45) is 0 Å². The summed E-state index contributed by atoms with van der Waals surface area (Å²) >= 11 is 0. The maximum atomic E-state index is 13.1. The topological polar surface area (TPSA) is 72.3 Å². The van der Waals surface area contributed by atoms with Gasteiger partial charge in [0.2, 0.25) is 0 Å². The lowest BCUT2D eigenvalue weighted by atomic mass is 9.95. The first-order valence-electron chi connectivity index (χ1n) is 9.55. The predicted molar refractivity (Wildman–Crippen MR) is 103 cm³/mol. The fourth-order valence-electron chi connectivity index (χ4n) is 4.18. The van der Waals surface area contributed by atoms with Crippen LogP contribution in [0.25, 0.3) is 0 Å². The number of hydrogen-bond donors (Lipinski definition) is 0. The minimum Gasteiger partial charge on any atom is -0.336 e. The quantitative estimate of drug-likeness (QED) is 0.808. The number of carbonyl (C=O) groups excluding carboxylic acids is 1. The minimum atomic E-state index is -2.99. The van der Waals surface area contributed by atoms with Crippen molar-refractivity contribution in [3.8, 4) is 0 Å². The first kappa shape index (κ1) is 18.2. The third kappa shape index (κ3) is 3.65. The number of sulfone groups is 1. The van der Waals surface area contributed by atoms with Crippen molar-refractivity contribution >= 4 is 15.7 Å². The van der Waals surface area contributed by atoms with Crippen LogP contribution >= 0.6 is 0 Å². The van der Waals surface area contributed by atoms with E-state index in [0.717, 1.165) is 42.5 Å². The van der Waals surface area contributed by atoms with Gasteiger partial charge < -0.3 is 4.90 Å². The van der Waals surface area contributed by atoms with Crippen molar-refractivity contribution in [3.05, 3.63) is 52.8 Å². The Hall–Kier alpha value is -2.15. The molecule has 1 aromatic carbocycles. The van der Waals surface area contributed by atoms with Gasteiger partial charge in [0.1, 0.15) is 0 Å². The van der Waals surface area contributed by atoms with Gasteiger partial charge in [-0.25, -0.2) is 8.42 Å². The van der Waals surface area contributed by atoms with E-state index in [-0.39, 0.29) is 23.5 Å². The summed E-state index contributed by atoms with van der Waals surface area (Å²) < 4.78 is 25.7. The fraction of sp³-hybridized carbons (Fsp3) is 0.500. The number of fused-ring (bicyclic) bond motifs is 1. The molecule has 1 fully saturated rings. The van der Waals surface area contributed by atoms with Crippen molar-refractivity contribution in [2.75, 3.05) is 18.6 Å². The van der Waals surface area contributed by atoms with Gasteiger partial charge in [-0.05, 0) is 37.7 Å². The number of nitrogens with zero attached hydrogens (tertiary/aromatic N) is 3. The molecule has 144 valence electrons. The standard InChI is InChI=1S/C20H25N3O3S/c1-22(13-15-7-3-2-4-8-15)20(24)19-17-9-5-6-10-18(17)23(21-19)16-11-12-27(25,26)14-16/h2-4,7-8,16H,5-6,9-14H2,1H3/t16-/m1/s1. The second-order valence-electron chi connectivity index (χ2n) is 7.63. The Morgan fingerprint density at radius 2 is 1.96 bits per heavy atom. The molecule has 0 spiro atoms. The van der Waals surface area contributed by atoms with Gasteiger partial charge in [-0.3, -0.25) is 9.48 Å². The molecule has 0 unspecified atom stereocenters. The lowest BCUT2D eigenvalue weighted by Crippen LogP contribution is -2.27. The average Bonchev–Trinajstić information content (AvgIpc) is 3.22. The zero-order valence-electron chi connectivity index (χ0n) is 15.6. The van der Waals surface area contributed by atoms with Crippen molar-refractivity contribution in [2.45, 2.75) is 44.7 Å². The van der Waals surface area contributed by atoms with Crippen LogP contribution in [0.5, 0.6) is 0 Å². The molecule has 27 heavy (non-hydrogen) atoms. The van der Waals surface area contributed by atoms with E-state index in [4.69, 9.17) is 0 Å². The van der Waals surface area contributed by atoms with Crippen LogP contribution in [0.15, 0.2) is 30.3 Å². The van der Waals surface area contributed by atoms with Crippen LogP contribution in [0.2, 0.25) is 0 Å². The lowest BCUT2D eigenvalue weighted by Gasteiger charge is -2.18. The van der Waals surface area contributed by atoms with Gasteiger partial charge in [0.25, 0.3) is 5.91 Å². The van der Waals surface area contributed by atoms with E-state index >= 15 is 0 Å². The maximum Gasteiger partial charge on any atom is 0.274 e. The van der Waals surface area contributed by atoms with E-state index in [1.807, 2.05) is 35.0 Å². The molecule has 1 aliphatic heterocycles. The van der Waals surface area contributed by atoms with Gasteiger partial charge in [-0.15, -0.1) is 0 Å². The van der Waals surface area contributed by atoms with E-state index < -0.39 is 9.84 Å². The second kappa shape index (κ2) is 7.11. The van der Waals surface area contributed by atoms with Crippen LogP contribution in [0.3, 0.4) is 0 Å². The summed E-state index contributed by atoms with van der Waals surface area (Å²) in [5, 5.41) is 4.66. The molecule has 1 saturated heterocycles. The molecule has 0 radical (unpaired) electrons. The van der Waals surface area contributed by atoms with Crippen molar-refractivity contribution in [1.29, 1.82) is 0 Å². The fourth-order valence-corrected chi connectivity index (χ4v) is 5.87. The number of rotatable bonds is 4. The molecule has 1 atom stereocenters. The zero-order chi connectivity index (χ0) is 19.0. The molecule has 1 aromatic heterocycles. The predicted octanol–water partition coefficient (Wildman–Crippen LogP) is 2.39. The Kier molecular flexibility index (Phi) is 4.80. The molecular formula is C20H25N3O3S. The molecule has 4 rings (SSSR count). The number of hydrogen-bond acceptors (Lipinski definition) is 4. The Labute approximate surface area is 160 Å². The summed E-state index contributed by atoms with van der Waals surface area (Å²) in [6, 6.07) is 9.75. The smallest absolute Gasteiger partial charge is 0.274 e. The molecule has 1 aliphatic carbocycles. The second-order valence-corrected chi connectivity index (χ2v) is 9.86. The van der Waals surface area contributed by atoms with Crippen LogP contribution in [-0.4, -0.2) is 47.6 Å². The van der Waals surface area contributed by atoms with Gasteiger partial charge in [0, 0.05) is 24.8 Å². The summed E-state index contributed by atoms with van der Waals surface area (Å²) in [5.41, 5.74) is 3.67. The molecule has 2 aliphatic rings. The summed E-state index contributed by atoms with van der Waals surface area (Å²) in [7, 11) is -1.20. The third-order valence-electron chi connectivity index (χ3n) is 5.57. The van der Waals surface area contributed by atoms with Gasteiger partial charge in [0.05, 0.1) is 17.5 Å². The minimum absolute atomic E-state index is 0.0865. The Bertz CT molecular complexity index is 950. The van der Waals surface area contributed by atoms with Crippen molar-refractivity contribution in [3.63, 3.8) is 0 Å². The number of aromatic nitrogens is 2. The molecule has 0 saturated carbocycles. The number of carbonyl (C=O) groups is 1. The van der Waals surface area contributed by atoms with Crippen molar-refractivity contribution in [1.82, 2.24) is 14.7 Å². The van der Waals surface area contributed by atoms with Crippen LogP contribution in [-0.2, 0) is 29.2 Å². The normalized spacial score (nSPS) is 21.0. The molecule has 0 N–H and O–H groups in total. The number of benzene rings is 1. The first-order valence-corrected chi connectivity index (χ1v) is 11.4. The van der Waals surface area contributed by atoms with Crippen LogP contribution in [0, 0.1) is 0 Å². The molecule has 2 heterocycles. The van der Waals surface area contributed by atoms with Crippen LogP contribution in [0.1, 0.15) is 52.6 Å². The summed E-state index contributed by atoms with van der Waals surface area (Å²) in [5.74, 6) is 0.259. The number of amides is 1. The largest absolute Gasteiger partial charge is 0.336 e. The lowest BCUT2D eigenvalue weighted by molar-refractivity contribution is 0.0777. The van der Waals surface area contributed by atoms with Crippen molar-refractivity contribution < 1.29 is 13.2 Å². The van der Waals surface area contributed by atoms with Gasteiger partial charge in [-0.2, -0.15) is 5.10 Å².